The monoisotopic (exact) mass is 214 g/mol. The van der Waals surface area contributed by atoms with Crippen molar-refractivity contribution < 1.29 is 5.21 Å². The topological polar surface area (TPSA) is 65.1 Å². The summed E-state index contributed by atoms with van der Waals surface area (Å²) < 4.78 is 0. The summed E-state index contributed by atoms with van der Waals surface area (Å²) in [4.78, 5) is 4.66. The molecule has 0 bridgehead atoms. The number of amidine groups is 1. The zero-order valence-electron chi connectivity index (χ0n) is 9.90. The van der Waals surface area contributed by atoms with Crippen LogP contribution in [-0.4, -0.2) is 59.1 Å². The number of hydrogen-bond acceptors (Lipinski definition) is 4. The largest absolute Gasteiger partial charge is 0.409 e. The molecule has 5 heteroatoms. The summed E-state index contributed by atoms with van der Waals surface area (Å²) in [6, 6.07) is 0. The smallest absolute Gasteiger partial charge is 0.153 e. The number of nitrogens with two attached hydrogens (primary N) is 1. The fourth-order valence-electron chi connectivity index (χ4n) is 1.84. The van der Waals surface area contributed by atoms with Gasteiger partial charge < -0.3 is 10.9 Å². The fraction of sp³-hybridized carbons (Fsp3) is 0.900. The molecule has 1 aliphatic heterocycles. The molecule has 0 radical (unpaired) electrons. The zero-order valence-corrected chi connectivity index (χ0v) is 9.90. The summed E-state index contributed by atoms with van der Waals surface area (Å²) in [5, 5.41) is 11.5. The number of hydrogen-bond donors (Lipinski definition) is 2. The zero-order chi connectivity index (χ0) is 11.5. The van der Waals surface area contributed by atoms with Crippen molar-refractivity contribution in [3.63, 3.8) is 0 Å². The normalized spacial score (nSPS) is 21.9. The first-order chi connectivity index (χ1) is 6.93. The van der Waals surface area contributed by atoms with Crippen molar-refractivity contribution in [2.24, 2.45) is 10.9 Å². The Hall–Kier alpha value is -0.810. The first-order valence-corrected chi connectivity index (χ1v) is 5.37. The minimum Gasteiger partial charge on any atom is -0.409 e. The Kier molecular flexibility index (Phi) is 3.93. The van der Waals surface area contributed by atoms with Crippen LogP contribution in [0, 0.1) is 0 Å². The maximum absolute atomic E-state index is 8.47. The van der Waals surface area contributed by atoms with E-state index >= 15 is 0 Å². The predicted octanol–water partition coefficient (Wildman–Crippen LogP) is 0.149. The van der Waals surface area contributed by atoms with Crippen LogP contribution in [0.1, 0.15) is 20.8 Å². The van der Waals surface area contributed by atoms with Gasteiger partial charge in [0.1, 0.15) is 0 Å². The van der Waals surface area contributed by atoms with Gasteiger partial charge in [-0.2, -0.15) is 0 Å². The Labute approximate surface area is 91.5 Å². The van der Waals surface area contributed by atoms with E-state index in [1.807, 2.05) is 0 Å². The van der Waals surface area contributed by atoms with Gasteiger partial charge >= 0.3 is 0 Å². The molecule has 15 heavy (non-hydrogen) atoms. The second-order valence-corrected chi connectivity index (χ2v) is 5.03. The summed E-state index contributed by atoms with van der Waals surface area (Å²) in [5.41, 5.74) is 5.71. The molecular weight excluding hydrogens is 192 g/mol. The lowest BCUT2D eigenvalue weighted by molar-refractivity contribution is 0.0687. The lowest BCUT2D eigenvalue weighted by Crippen LogP contribution is -2.54. The summed E-state index contributed by atoms with van der Waals surface area (Å²) >= 11 is 0. The van der Waals surface area contributed by atoms with Crippen LogP contribution in [0.2, 0.25) is 0 Å². The van der Waals surface area contributed by atoms with Gasteiger partial charge in [-0.1, -0.05) is 5.16 Å². The van der Waals surface area contributed by atoms with Crippen LogP contribution >= 0.6 is 0 Å². The highest BCUT2D eigenvalue weighted by molar-refractivity contribution is 5.81. The van der Waals surface area contributed by atoms with Crippen molar-refractivity contribution in [1.29, 1.82) is 0 Å². The van der Waals surface area contributed by atoms with Crippen LogP contribution in [0.3, 0.4) is 0 Å². The average Bonchev–Trinajstić information content (AvgIpc) is 2.17. The molecule has 3 N–H and O–H groups in total. The number of piperazine rings is 1. The summed E-state index contributed by atoms with van der Waals surface area (Å²) in [7, 11) is 0. The van der Waals surface area contributed by atoms with Crippen LogP contribution in [0.15, 0.2) is 5.16 Å². The quantitative estimate of drug-likeness (QED) is 0.297. The molecule has 0 aromatic rings. The summed E-state index contributed by atoms with van der Waals surface area (Å²) in [6.45, 7) is 11.3. The molecule has 0 atom stereocenters. The molecule has 0 saturated carbocycles. The van der Waals surface area contributed by atoms with Crippen LogP contribution < -0.4 is 5.73 Å². The van der Waals surface area contributed by atoms with Gasteiger partial charge in [-0.25, -0.2) is 0 Å². The van der Waals surface area contributed by atoms with E-state index in [9.17, 15) is 0 Å². The fourth-order valence-corrected chi connectivity index (χ4v) is 1.84. The van der Waals surface area contributed by atoms with Gasteiger partial charge in [-0.15, -0.1) is 0 Å². The Bertz CT molecular complexity index is 226. The molecule has 0 aliphatic carbocycles. The number of rotatable bonds is 2. The maximum atomic E-state index is 8.47. The molecule has 1 heterocycles. The average molecular weight is 214 g/mol. The van der Waals surface area contributed by atoms with Crippen molar-refractivity contribution in [2.75, 3.05) is 32.7 Å². The molecule has 0 aromatic heterocycles. The standard InChI is InChI=1S/C10H22N4O/c1-10(2,3)14-6-4-13(5-7-14)8-9(11)12-15/h15H,4-8H2,1-3H3,(H2,11,12). The third-order valence-electron chi connectivity index (χ3n) is 2.84. The second-order valence-electron chi connectivity index (χ2n) is 5.03. The molecular formula is C10H22N4O. The predicted molar refractivity (Wildman–Crippen MR) is 61.2 cm³/mol. The molecule has 0 unspecified atom stereocenters. The van der Waals surface area contributed by atoms with Crippen LogP contribution in [-0.2, 0) is 0 Å². The van der Waals surface area contributed by atoms with Crippen molar-refractivity contribution in [1.82, 2.24) is 9.80 Å². The van der Waals surface area contributed by atoms with Crippen molar-refractivity contribution in [2.45, 2.75) is 26.3 Å². The lowest BCUT2D eigenvalue weighted by Gasteiger charge is -2.42. The lowest BCUT2D eigenvalue weighted by atomic mass is 10.1. The second kappa shape index (κ2) is 4.81. The first kappa shape index (κ1) is 12.3. The number of nitrogens with zero attached hydrogens (tertiary/aromatic N) is 3. The van der Waals surface area contributed by atoms with Gasteiger partial charge in [0.15, 0.2) is 5.84 Å². The van der Waals surface area contributed by atoms with Crippen LogP contribution in [0.5, 0.6) is 0 Å². The molecule has 1 saturated heterocycles. The van der Waals surface area contributed by atoms with E-state index in [2.05, 4.69) is 35.7 Å². The third-order valence-corrected chi connectivity index (χ3v) is 2.84. The van der Waals surface area contributed by atoms with E-state index in [-0.39, 0.29) is 5.54 Å². The van der Waals surface area contributed by atoms with Gasteiger partial charge in [-0.3, -0.25) is 9.80 Å². The highest BCUT2D eigenvalue weighted by atomic mass is 16.4. The highest BCUT2D eigenvalue weighted by Gasteiger charge is 2.25. The summed E-state index contributed by atoms with van der Waals surface area (Å²) in [5.74, 6) is 0.291. The van der Waals surface area contributed by atoms with E-state index < -0.39 is 0 Å². The van der Waals surface area contributed by atoms with E-state index in [1.165, 1.54) is 0 Å². The SMILES string of the molecule is CC(C)(C)N1CCN(CC(N)=NO)CC1. The molecule has 1 rings (SSSR count). The third kappa shape index (κ3) is 3.68. The first-order valence-electron chi connectivity index (χ1n) is 5.37. The summed E-state index contributed by atoms with van der Waals surface area (Å²) in [6.07, 6.45) is 0. The Morgan fingerprint density at radius 3 is 2.20 bits per heavy atom. The molecule has 0 aromatic carbocycles. The minimum atomic E-state index is 0.239. The van der Waals surface area contributed by atoms with Crippen molar-refractivity contribution in [3.8, 4) is 0 Å². The van der Waals surface area contributed by atoms with Crippen LogP contribution in [0.25, 0.3) is 0 Å². The highest BCUT2D eigenvalue weighted by Crippen LogP contribution is 2.15. The van der Waals surface area contributed by atoms with Gasteiger partial charge in [0, 0.05) is 31.7 Å². The number of oxime groups is 1. The molecule has 5 nitrogen and oxygen atoms in total. The van der Waals surface area contributed by atoms with Gasteiger partial charge in [0.2, 0.25) is 0 Å². The van der Waals surface area contributed by atoms with Gasteiger partial charge in [0.25, 0.3) is 0 Å². The van der Waals surface area contributed by atoms with Crippen molar-refractivity contribution >= 4 is 5.84 Å². The Balaban J connectivity index is 2.36. The van der Waals surface area contributed by atoms with Crippen LogP contribution in [0.4, 0.5) is 0 Å². The molecule has 88 valence electrons. The Morgan fingerprint density at radius 1 is 1.27 bits per heavy atom. The molecule has 0 spiro atoms. The van der Waals surface area contributed by atoms with E-state index in [0.29, 0.717) is 12.4 Å². The Morgan fingerprint density at radius 2 is 1.80 bits per heavy atom. The minimum absolute atomic E-state index is 0.239. The molecule has 1 aliphatic rings. The van der Waals surface area contributed by atoms with E-state index in [0.717, 1.165) is 26.2 Å². The van der Waals surface area contributed by atoms with E-state index in [1.54, 1.807) is 0 Å². The van der Waals surface area contributed by atoms with E-state index in [4.69, 9.17) is 10.9 Å². The van der Waals surface area contributed by atoms with Crippen molar-refractivity contribution in [3.05, 3.63) is 0 Å². The van der Waals surface area contributed by atoms with Gasteiger partial charge in [0.05, 0.1) is 6.54 Å². The molecule has 0 amide bonds. The van der Waals surface area contributed by atoms with Gasteiger partial charge in [-0.05, 0) is 20.8 Å². The molecule has 1 fully saturated rings. The maximum Gasteiger partial charge on any atom is 0.153 e.